The lowest BCUT2D eigenvalue weighted by molar-refractivity contribution is 0.00567. The number of halogens is 1. The summed E-state index contributed by atoms with van der Waals surface area (Å²) in [7, 11) is 1.55. The molecule has 1 aliphatic heterocycles. The molecule has 4 nitrogen and oxygen atoms in total. The number of hydrogen-bond donors (Lipinski definition) is 1. The largest absolute Gasteiger partial charge is 0.444 e. The molecule has 0 atom stereocenters. The van der Waals surface area contributed by atoms with Gasteiger partial charge in [-0.05, 0) is 20.8 Å². The first kappa shape index (κ1) is 12.2. The molecule has 1 saturated heterocycles. The van der Waals surface area contributed by atoms with Crippen LogP contribution in [-0.4, -0.2) is 48.9 Å². The predicted octanol–water partition coefficient (Wildman–Crippen LogP) is 1.16. The molecule has 0 aromatic heterocycles. The van der Waals surface area contributed by atoms with Gasteiger partial charge >= 0.3 is 6.09 Å². The molecule has 1 rings (SSSR count). The third kappa shape index (κ3) is 3.66. The van der Waals surface area contributed by atoms with Gasteiger partial charge in [-0.2, -0.15) is 0 Å². The number of nitrogens with zero attached hydrogens (tertiary/aromatic N) is 1. The van der Waals surface area contributed by atoms with Crippen LogP contribution in [0, 0.1) is 0 Å². The molecule has 1 amide bonds. The van der Waals surface area contributed by atoms with Gasteiger partial charge in [-0.3, -0.25) is 0 Å². The maximum atomic E-state index is 13.6. The summed E-state index contributed by atoms with van der Waals surface area (Å²) in [5.74, 6) is 0. The second kappa shape index (κ2) is 3.96. The van der Waals surface area contributed by atoms with E-state index in [1.165, 1.54) is 4.90 Å². The molecule has 5 heteroatoms. The van der Waals surface area contributed by atoms with E-state index in [9.17, 15) is 9.18 Å². The zero-order valence-electron chi connectivity index (χ0n) is 9.76. The van der Waals surface area contributed by atoms with Crippen molar-refractivity contribution < 1.29 is 13.9 Å². The molecule has 1 fully saturated rings. The van der Waals surface area contributed by atoms with Crippen molar-refractivity contribution >= 4 is 6.09 Å². The average molecular weight is 218 g/mol. The molecular weight excluding hydrogens is 199 g/mol. The lowest BCUT2D eigenvalue weighted by Crippen LogP contribution is -2.62. The number of alkyl halides is 1. The van der Waals surface area contributed by atoms with Crippen LogP contribution in [0.5, 0.6) is 0 Å². The van der Waals surface area contributed by atoms with E-state index in [1.54, 1.807) is 27.8 Å². The van der Waals surface area contributed by atoms with E-state index in [4.69, 9.17) is 4.74 Å². The fraction of sp³-hybridized carbons (Fsp3) is 0.900. The highest BCUT2D eigenvalue weighted by atomic mass is 19.1. The van der Waals surface area contributed by atoms with Crippen LogP contribution in [0.3, 0.4) is 0 Å². The van der Waals surface area contributed by atoms with Gasteiger partial charge in [0.15, 0.2) is 5.67 Å². The standard InChI is InChI=1S/C10H19FN2O2/c1-9(2,3)15-8(14)13(4)7-10(11)5-12-6-10/h12H,5-7H2,1-4H3. The predicted molar refractivity (Wildman–Crippen MR) is 55.6 cm³/mol. The summed E-state index contributed by atoms with van der Waals surface area (Å²) in [5.41, 5.74) is -1.82. The molecule has 88 valence electrons. The molecule has 0 bridgehead atoms. The van der Waals surface area contributed by atoms with Crippen LogP contribution in [0.25, 0.3) is 0 Å². The van der Waals surface area contributed by atoms with E-state index >= 15 is 0 Å². The number of carbonyl (C=O) groups excluding carboxylic acids is 1. The fourth-order valence-corrected chi connectivity index (χ4v) is 1.34. The number of nitrogens with one attached hydrogen (secondary N) is 1. The molecule has 15 heavy (non-hydrogen) atoms. The molecule has 1 aliphatic rings. The van der Waals surface area contributed by atoms with E-state index < -0.39 is 17.4 Å². The second-order valence-electron chi connectivity index (χ2n) is 5.09. The Kier molecular flexibility index (Phi) is 3.23. The quantitative estimate of drug-likeness (QED) is 0.756. The molecule has 0 aromatic carbocycles. The Morgan fingerprint density at radius 2 is 2.07 bits per heavy atom. The third-order valence-electron chi connectivity index (χ3n) is 2.11. The van der Waals surface area contributed by atoms with Crippen LogP contribution in [0.15, 0.2) is 0 Å². The highest BCUT2D eigenvalue weighted by molar-refractivity contribution is 5.67. The van der Waals surface area contributed by atoms with Gasteiger partial charge in [0.25, 0.3) is 0 Å². The first-order valence-corrected chi connectivity index (χ1v) is 5.06. The van der Waals surface area contributed by atoms with Crippen LogP contribution >= 0.6 is 0 Å². The van der Waals surface area contributed by atoms with E-state index in [1.807, 2.05) is 0 Å². The van der Waals surface area contributed by atoms with Gasteiger partial charge in [0.05, 0.1) is 6.54 Å². The highest BCUT2D eigenvalue weighted by Crippen LogP contribution is 2.18. The summed E-state index contributed by atoms with van der Waals surface area (Å²) in [4.78, 5) is 12.8. The highest BCUT2D eigenvalue weighted by Gasteiger charge is 2.39. The molecule has 0 saturated carbocycles. The normalized spacial score (nSPS) is 19.3. The Hall–Kier alpha value is -0.840. The number of ether oxygens (including phenoxy) is 1. The molecule has 0 spiro atoms. The number of rotatable bonds is 2. The van der Waals surface area contributed by atoms with E-state index in [0.717, 1.165) is 0 Å². The first-order valence-electron chi connectivity index (χ1n) is 5.06. The average Bonchev–Trinajstić information content (AvgIpc) is 1.98. The van der Waals surface area contributed by atoms with E-state index in [0.29, 0.717) is 13.1 Å². The molecule has 1 heterocycles. The van der Waals surface area contributed by atoms with Crippen molar-refractivity contribution in [2.45, 2.75) is 32.0 Å². The van der Waals surface area contributed by atoms with Crippen LogP contribution in [0.4, 0.5) is 9.18 Å². The summed E-state index contributed by atoms with van der Waals surface area (Å²) in [5, 5.41) is 2.84. The Bertz CT molecular complexity index is 246. The first-order chi connectivity index (χ1) is 6.72. The number of amides is 1. The smallest absolute Gasteiger partial charge is 0.410 e. The van der Waals surface area contributed by atoms with Crippen LogP contribution in [0.1, 0.15) is 20.8 Å². The maximum Gasteiger partial charge on any atom is 0.410 e. The minimum atomic E-state index is -1.29. The van der Waals surface area contributed by atoms with Crippen LogP contribution in [0.2, 0.25) is 0 Å². The van der Waals surface area contributed by atoms with Crippen molar-refractivity contribution in [2.24, 2.45) is 0 Å². The summed E-state index contributed by atoms with van der Waals surface area (Å²) < 4.78 is 18.8. The van der Waals surface area contributed by atoms with Gasteiger partial charge < -0.3 is 15.0 Å². The van der Waals surface area contributed by atoms with Gasteiger partial charge in [0, 0.05) is 20.1 Å². The number of hydrogen-bond acceptors (Lipinski definition) is 3. The van der Waals surface area contributed by atoms with Crippen molar-refractivity contribution in [1.29, 1.82) is 0 Å². The molecule has 0 aliphatic carbocycles. The minimum absolute atomic E-state index is 0.0783. The van der Waals surface area contributed by atoms with Gasteiger partial charge in [-0.15, -0.1) is 0 Å². The van der Waals surface area contributed by atoms with E-state index in [2.05, 4.69) is 5.32 Å². The lowest BCUT2D eigenvalue weighted by Gasteiger charge is -2.38. The van der Waals surface area contributed by atoms with Gasteiger partial charge in [-0.1, -0.05) is 0 Å². The van der Waals surface area contributed by atoms with Crippen LogP contribution in [-0.2, 0) is 4.74 Å². The lowest BCUT2D eigenvalue weighted by atomic mass is 9.99. The summed E-state index contributed by atoms with van der Waals surface area (Å²) in [6.07, 6.45) is -0.480. The van der Waals surface area contributed by atoms with Crippen molar-refractivity contribution in [2.75, 3.05) is 26.7 Å². The van der Waals surface area contributed by atoms with Crippen molar-refractivity contribution in [3.05, 3.63) is 0 Å². The summed E-state index contributed by atoms with van der Waals surface area (Å²) in [6.45, 7) is 6.05. The van der Waals surface area contributed by atoms with Gasteiger partial charge in [-0.25, -0.2) is 9.18 Å². The van der Waals surface area contributed by atoms with Crippen molar-refractivity contribution in [3.63, 3.8) is 0 Å². The summed E-state index contributed by atoms with van der Waals surface area (Å²) in [6, 6.07) is 0. The number of carbonyl (C=O) groups is 1. The van der Waals surface area contributed by atoms with Gasteiger partial charge in [0.2, 0.25) is 0 Å². The van der Waals surface area contributed by atoms with Gasteiger partial charge in [0.1, 0.15) is 5.60 Å². The Labute approximate surface area is 89.8 Å². The minimum Gasteiger partial charge on any atom is -0.444 e. The fourth-order valence-electron chi connectivity index (χ4n) is 1.34. The Morgan fingerprint density at radius 3 is 2.40 bits per heavy atom. The second-order valence-corrected chi connectivity index (χ2v) is 5.09. The molecule has 1 N–H and O–H groups in total. The SMILES string of the molecule is CN(CC1(F)CNC1)C(=O)OC(C)(C)C. The van der Waals surface area contributed by atoms with Crippen molar-refractivity contribution in [1.82, 2.24) is 10.2 Å². The van der Waals surface area contributed by atoms with E-state index in [-0.39, 0.29) is 6.54 Å². The summed E-state index contributed by atoms with van der Waals surface area (Å²) >= 11 is 0. The molecular formula is C10H19FN2O2. The Balaban J connectivity index is 2.39. The molecule has 0 unspecified atom stereocenters. The molecule has 0 radical (unpaired) electrons. The van der Waals surface area contributed by atoms with Crippen LogP contribution < -0.4 is 5.32 Å². The maximum absolute atomic E-state index is 13.6. The van der Waals surface area contributed by atoms with Crippen molar-refractivity contribution in [3.8, 4) is 0 Å². The zero-order valence-corrected chi connectivity index (χ0v) is 9.76. The third-order valence-corrected chi connectivity index (χ3v) is 2.11. The molecule has 0 aromatic rings. The Morgan fingerprint density at radius 1 is 1.53 bits per heavy atom. The monoisotopic (exact) mass is 218 g/mol. The topological polar surface area (TPSA) is 41.6 Å². The zero-order chi connectivity index (χ0) is 11.7.